The van der Waals surface area contributed by atoms with Crippen molar-refractivity contribution in [2.45, 2.75) is 12.3 Å². The van der Waals surface area contributed by atoms with E-state index in [-0.39, 0.29) is 5.56 Å². The second kappa shape index (κ2) is 3.88. The molecule has 1 rings (SSSR count). The Balaban J connectivity index is 2.92. The number of aromatic hydroxyl groups is 1. The zero-order valence-electron chi connectivity index (χ0n) is 7.30. The van der Waals surface area contributed by atoms with E-state index >= 15 is 0 Å². The molecule has 2 nitrogen and oxygen atoms in total. The lowest BCUT2D eigenvalue weighted by Crippen LogP contribution is -2.30. The average molecular weight is 205 g/mol. The molecule has 1 aromatic carbocycles. The molecule has 0 fully saturated rings. The molecule has 5 heteroatoms. The lowest BCUT2D eigenvalue weighted by Gasteiger charge is -2.14. The highest BCUT2D eigenvalue weighted by atomic mass is 19.3. The number of phenols is 1. The van der Waals surface area contributed by atoms with Crippen LogP contribution in [0.2, 0.25) is 0 Å². The van der Waals surface area contributed by atoms with Gasteiger partial charge in [-0.2, -0.15) is 0 Å². The molecule has 0 amide bonds. The molecule has 0 bridgehead atoms. The van der Waals surface area contributed by atoms with Gasteiger partial charge in [0.25, 0.3) is 5.92 Å². The Morgan fingerprint density at radius 2 is 2.00 bits per heavy atom. The van der Waals surface area contributed by atoms with Crippen LogP contribution in [0.5, 0.6) is 5.75 Å². The number of rotatable bonds is 3. The minimum absolute atomic E-state index is 0.138. The molecule has 0 heterocycles. The molecule has 0 aliphatic heterocycles. The maximum absolute atomic E-state index is 12.8. The van der Waals surface area contributed by atoms with Gasteiger partial charge in [-0.1, -0.05) is 12.1 Å². The highest BCUT2D eigenvalue weighted by Crippen LogP contribution is 2.27. The molecule has 14 heavy (non-hydrogen) atoms. The van der Waals surface area contributed by atoms with E-state index in [4.69, 9.17) is 10.8 Å². The fraction of sp³-hybridized carbons (Fsp3) is 0.333. The van der Waals surface area contributed by atoms with Crippen LogP contribution in [0.4, 0.5) is 13.2 Å². The van der Waals surface area contributed by atoms with Crippen LogP contribution in [0, 0.1) is 5.82 Å². The quantitative estimate of drug-likeness (QED) is 0.788. The summed E-state index contributed by atoms with van der Waals surface area (Å²) in [5.74, 6) is -4.76. The summed E-state index contributed by atoms with van der Waals surface area (Å²) < 4.78 is 38.3. The van der Waals surface area contributed by atoms with Crippen LogP contribution in [0.3, 0.4) is 0 Å². The van der Waals surface area contributed by atoms with E-state index < -0.39 is 30.5 Å². The number of hydrogen-bond donors (Lipinski definition) is 2. The summed E-state index contributed by atoms with van der Waals surface area (Å²) in [5, 5.41) is 9.11. The Morgan fingerprint density at radius 3 is 2.57 bits per heavy atom. The molecule has 78 valence electrons. The largest absolute Gasteiger partial charge is 0.505 e. The number of benzene rings is 1. The van der Waals surface area contributed by atoms with Crippen LogP contribution in [0.25, 0.3) is 0 Å². The predicted molar refractivity (Wildman–Crippen MR) is 45.8 cm³/mol. The summed E-state index contributed by atoms with van der Waals surface area (Å²) in [6.45, 7) is -0.830. The second-order valence-corrected chi connectivity index (χ2v) is 2.98. The zero-order valence-corrected chi connectivity index (χ0v) is 7.30. The zero-order chi connectivity index (χ0) is 10.8. The third-order valence-corrected chi connectivity index (χ3v) is 1.82. The minimum atomic E-state index is -3.12. The monoisotopic (exact) mass is 205 g/mol. The van der Waals surface area contributed by atoms with Crippen molar-refractivity contribution in [2.24, 2.45) is 5.73 Å². The third-order valence-electron chi connectivity index (χ3n) is 1.82. The van der Waals surface area contributed by atoms with Gasteiger partial charge >= 0.3 is 0 Å². The SMILES string of the molecule is NCC(F)(F)Cc1cccc(F)c1O. The first kappa shape index (κ1) is 10.8. The van der Waals surface area contributed by atoms with Gasteiger partial charge < -0.3 is 10.8 Å². The van der Waals surface area contributed by atoms with Crippen LogP contribution in [-0.2, 0) is 6.42 Å². The van der Waals surface area contributed by atoms with Crippen LogP contribution >= 0.6 is 0 Å². The van der Waals surface area contributed by atoms with Crippen molar-refractivity contribution < 1.29 is 18.3 Å². The summed E-state index contributed by atoms with van der Waals surface area (Å²) in [7, 11) is 0. The molecule has 0 saturated heterocycles. The van der Waals surface area contributed by atoms with Gasteiger partial charge in [-0.25, -0.2) is 13.2 Å². The highest BCUT2D eigenvalue weighted by Gasteiger charge is 2.28. The number of nitrogens with two attached hydrogens (primary N) is 1. The lowest BCUT2D eigenvalue weighted by atomic mass is 10.1. The maximum Gasteiger partial charge on any atom is 0.264 e. The number of alkyl halides is 2. The van der Waals surface area contributed by atoms with Gasteiger partial charge in [0, 0.05) is 12.0 Å². The van der Waals surface area contributed by atoms with E-state index in [1.165, 1.54) is 12.1 Å². The standard InChI is InChI=1S/C9H10F3NO/c10-7-3-1-2-6(8(7)14)4-9(11,12)5-13/h1-3,14H,4-5,13H2. The Labute approximate surface area is 79.2 Å². The normalized spacial score (nSPS) is 11.7. The van der Waals surface area contributed by atoms with Gasteiger partial charge in [0.1, 0.15) is 0 Å². The van der Waals surface area contributed by atoms with E-state index in [9.17, 15) is 13.2 Å². The lowest BCUT2D eigenvalue weighted by molar-refractivity contribution is 0.0109. The van der Waals surface area contributed by atoms with Crippen molar-refractivity contribution in [1.82, 2.24) is 0 Å². The summed E-state index contributed by atoms with van der Waals surface area (Å²) in [4.78, 5) is 0. The third kappa shape index (κ3) is 2.38. The summed E-state index contributed by atoms with van der Waals surface area (Å²) >= 11 is 0. The van der Waals surface area contributed by atoms with Crippen LogP contribution < -0.4 is 5.73 Å². The molecule has 1 aromatic rings. The second-order valence-electron chi connectivity index (χ2n) is 2.98. The Hall–Kier alpha value is -1.23. The topological polar surface area (TPSA) is 46.2 Å². The Kier molecular flexibility index (Phi) is 3.00. The van der Waals surface area contributed by atoms with E-state index in [2.05, 4.69) is 0 Å². The molecule has 0 spiro atoms. The molecule has 0 atom stereocenters. The number of hydrogen-bond acceptors (Lipinski definition) is 2. The van der Waals surface area contributed by atoms with Crippen LogP contribution in [-0.4, -0.2) is 17.6 Å². The van der Waals surface area contributed by atoms with Crippen molar-refractivity contribution in [2.75, 3.05) is 6.54 Å². The van der Waals surface area contributed by atoms with Crippen molar-refractivity contribution in [3.63, 3.8) is 0 Å². The Bertz CT molecular complexity index is 328. The predicted octanol–water partition coefficient (Wildman–Crippen LogP) is 1.67. The van der Waals surface area contributed by atoms with Gasteiger partial charge in [-0.3, -0.25) is 0 Å². The summed E-state index contributed by atoms with van der Waals surface area (Å²) in [5.41, 5.74) is 4.68. The molecule has 0 radical (unpaired) electrons. The van der Waals surface area contributed by atoms with Gasteiger partial charge in [-0.05, 0) is 6.07 Å². The number of phenolic OH excluding ortho intramolecular Hbond substituents is 1. The molecular weight excluding hydrogens is 195 g/mol. The molecule has 0 aliphatic rings. The van der Waals surface area contributed by atoms with E-state index in [0.29, 0.717) is 0 Å². The van der Waals surface area contributed by atoms with Crippen molar-refractivity contribution in [3.8, 4) is 5.75 Å². The van der Waals surface area contributed by atoms with Gasteiger partial charge in [0.05, 0.1) is 6.54 Å². The number of halogens is 3. The minimum Gasteiger partial charge on any atom is -0.505 e. The van der Waals surface area contributed by atoms with Crippen molar-refractivity contribution in [1.29, 1.82) is 0 Å². The number of para-hydroxylation sites is 1. The molecule has 0 aromatic heterocycles. The van der Waals surface area contributed by atoms with E-state index in [1.54, 1.807) is 0 Å². The summed E-state index contributed by atoms with van der Waals surface area (Å²) in [6.07, 6.45) is -0.757. The van der Waals surface area contributed by atoms with Gasteiger partial charge in [-0.15, -0.1) is 0 Å². The van der Waals surface area contributed by atoms with Gasteiger partial charge in [0.2, 0.25) is 0 Å². The molecule has 0 unspecified atom stereocenters. The fourth-order valence-corrected chi connectivity index (χ4v) is 1.05. The first-order valence-corrected chi connectivity index (χ1v) is 4.00. The highest BCUT2D eigenvalue weighted by molar-refractivity contribution is 5.34. The fourth-order valence-electron chi connectivity index (χ4n) is 1.05. The smallest absolute Gasteiger partial charge is 0.264 e. The van der Waals surface area contributed by atoms with Crippen molar-refractivity contribution in [3.05, 3.63) is 29.6 Å². The Morgan fingerprint density at radius 1 is 1.36 bits per heavy atom. The maximum atomic E-state index is 12.8. The van der Waals surface area contributed by atoms with Crippen LogP contribution in [0.1, 0.15) is 5.56 Å². The molecular formula is C9H10F3NO. The average Bonchev–Trinajstić information content (AvgIpc) is 2.13. The van der Waals surface area contributed by atoms with E-state index in [1.807, 2.05) is 0 Å². The molecule has 0 saturated carbocycles. The van der Waals surface area contributed by atoms with Gasteiger partial charge in [0.15, 0.2) is 11.6 Å². The first-order valence-electron chi connectivity index (χ1n) is 4.00. The first-order chi connectivity index (χ1) is 6.46. The molecule has 0 aliphatic carbocycles. The molecule has 3 N–H and O–H groups in total. The van der Waals surface area contributed by atoms with Crippen LogP contribution in [0.15, 0.2) is 18.2 Å². The van der Waals surface area contributed by atoms with Crippen molar-refractivity contribution >= 4 is 0 Å². The van der Waals surface area contributed by atoms with E-state index in [0.717, 1.165) is 6.07 Å². The summed E-state index contributed by atoms with van der Waals surface area (Å²) in [6, 6.07) is 3.50.